The van der Waals surface area contributed by atoms with Crippen LogP contribution in [0.4, 0.5) is 0 Å². The van der Waals surface area contributed by atoms with Gasteiger partial charge in [-0.2, -0.15) is 11.8 Å². The molecule has 1 aliphatic carbocycles. The van der Waals surface area contributed by atoms with E-state index in [4.69, 9.17) is 11.6 Å². The van der Waals surface area contributed by atoms with Gasteiger partial charge in [0.2, 0.25) is 0 Å². The second-order valence-corrected chi connectivity index (χ2v) is 6.85. The van der Waals surface area contributed by atoms with Gasteiger partial charge >= 0.3 is 0 Å². The number of nitrogens with zero attached hydrogens (tertiary/aromatic N) is 1. The molecule has 1 saturated carbocycles. The van der Waals surface area contributed by atoms with Gasteiger partial charge in [-0.15, -0.1) is 0 Å². The summed E-state index contributed by atoms with van der Waals surface area (Å²) in [5.41, 5.74) is 1.29. The highest BCUT2D eigenvalue weighted by molar-refractivity contribution is 7.99. The number of carbonyl (C=O) groups is 1. The predicted octanol–water partition coefficient (Wildman–Crippen LogP) is 3.45. The van der Waals surface area contributed by atoms with E-state index in [0.29, 0.717) is 15.8 Å². The van der Waals surface area contributed by atoms with Crippen LogP contribution < -0.4 is 5.32 Å². The van der Waals surface area contributed by atoms with Crippen LogP contribution in [0, 0.1) is 6.92 Å². The summed E-state index contributed by atoms with van der Waals surface area (Å²) in [5, 5.41) is 4.22. The lowest BCUT2D eigenvalue weighted by molar-refractivity contribution is 0.0938. The van der Waals surface area contributed by atoms with Crippen molar-refractivity contribution in [2.45, 2.75) is 44.4 Å². The smallest absolute Gasteiger partial charge is 0.254 e. The summed E-state index contributed by atoms with van der Waals surface area (Å²) in [7, 11) is 0. The molecule has 1 heterocycles. The maximum Gasteiger partial charge on any atom is 0.254 e. The molecule has 2 unspecified atom stereocenters. The minimum Gasteiger partial charge on any atom is -0.349 e. The van der Waals surface area contributed by atoms with Crippen molar-refractivity contribution in [3.63, 3.8) is 0 Å². The van der Waals surface area contributed by atoms with E-state index in [2.05, 4.69) is 17.2 Å². The number of hydrogen-bond donors (Lipinski definition) is 1. The minimum atomic E-state index is -0.107. The van der Waals surface area contributed by atoms with Crippen LogP contribution in [0.15, 0.2) is 12.3 Å². The Hall–Kier alpha value is -0.740. The molecular formula is C14H19ClN2OS. The van der Waals surface area contributed by atoms with Crippen molar-refractivity contribution in [3.8, 4) is 0 Å². The Morgan fingerprint density at radius 2 is 2.37 bits per heavy atom. The molecular weight excluding hydrogens is 280 g/mol. The van der Waals surface area contributed by atoms with Crippen LogP contribution in [0.5, 0.6) is 0 Å². The SMILES string of the molecule is CCSC1CCC(NC(=O)c2cnc(C)cc2Cl)C1. The zero-order valence-corrected chi connectivity index (χ0v) is 12.9. The molecule has 1 aliphatic rings. The van der Waals surface area contributed by atoms with Crippen LogP contribution in [0.25, 0.3) is 0 Å². The summed E-state index contributed by atoms with van der Waals surface area (Å²) in [6, 6.07) is 2.00. The molecule has 104 valence electrons. The molecule has 2 rings (SSSR count). The highest BCUT2D eigenvalue weighted by atomic mass is 35.5. The molecule has 2 atom stereocenters. The zero-order valence-electron chi connectivity index (χ0n) is 11.3. The van der Waals surface area contributed by atoms with Crippen molar-refractivity contribution in [1.29, 1.82) is 0 Å². The largest absolute Gasteiger partial charge is 0.349 e. The molecule has 1 aromatic heterocycles. The average Bonchev–Trinajstić information content (AvgIpc) is 2.76. The van der Waals surface area contributed by atoms with Crippen LogP contribution >= 0.6 is 23.4 Å². The van der Waals surface area contributed by atoms with Crippen molar-refractivity contribution >= 4 is 29.3 Å². The molecule has 3 nitrogen and oxygen atoms in total. The number of rotatable bonds is 4. The fourth-order valence-electron chi connectivity index (χ4n) is 2.41. The lowest BCUT2D eigenvalue weighted by Gasteiger charge is -2.13. The van der Waals surface area contributed by atoms with E-state index in [1.54, 1.807) is 12.3 Å². The van der Waals surface area contributed by atoms with Crippen LogP contribution in [0.3, 0.4) is 0 Å². The number of pyridine rings is 1. The van der Waals surface area contributed by atoms with Gasteiger partial charge in [-0.05, 0) is 38.0 Å². The van der Waals surface area contributed by atoms with Crippen molar-refractivity contribution in [2.24, 2.45) is 0 Å². The number of hydrogen-bond acceptors (Lipinski definition) is 3. The van der Waals surface area contributed by atoms with Gasteiger partial charge in [-0.25, -0.2) is 0 Å². The topological polar surface area (TPSA) is 42.0 Å². The third-order valence-corrected chi connectivity index (χ3v) is 4.90. The highest BCUT2D eigenvalue weighted by Gasteiger charge is 2.26. The maximum atomic E-state index is 12.2. The Morgan fingerprint density at radius 1 is 1.58 bits per heavy atom. The summed E-state index contributed by atoms with van der Waals surface area (Å²) in [5.74, 6) is 1.03. The molecule has 0 aromatic carbocycles. The molecule has 1 fully saturated rings. The zero-order chi connectivity index (χ0) is 13.8. The minimum absolute atomic E-state index is 0.107. The Bertz CT molecular complexity index is 467. The normalized spacial score (nSPS) is 22.5. The first-order valence-corrected chi connectivity index (χ1v) is 8.07. The van der Waals surface area contributed by atoms with E-state index in [-0.39, 0.29) is 11.9 Å². The fraction of sp³-hybridized carbons (Fsp3) is 0.571. The molecule has 0 saturated heterocycles. The number of nitrogens with one attached hydrogen (secondary N) is 1. The molecule has 19 heavy (non-hydrogen) atoms. The van der Waals surface area contributed by atoms with Crippen LogP contribution in [-0.4, -0.2) is 27.9 Å². The third kappa shape index (κ3) is 3.86. The molecule has 0 aliphatic heterocycles. The summed E-state index contributed by atoms with van der Waals surface area (Å²) < 4.78 is 0. The number of carbonyl (C=O) groups excluding carboxylic acids is 1. The monoisotopic (exact) mass is 298 g/mol. The summed E-state index contributed by atoms with van der Waals surface area (Å²) >= 11 is 8.06. The summed E-state index contributed by atoms with van der Waals surface area (Å²) in [6.07, 6.45) is 4.85. The van der Waals surface area contributed by atoms with Gasteiger partial charge in [0.1, 0.15) is 0 Å². The van der Waals surface area contributed by atoms with E-state index < -0.39 is 0 Å². The average molecular weight is 299 g/mol. The highest BCUT2D eigenvalue weighted by Crippen LogP contribution is 2.30. The first kappa shape index (κ1) is 14.7. The standard InChI is InChI=1S/C14H19ClN2OS/c1-3-19-11-5-4-10(7-11)17-14(18)12-8-16-9(2)6-13(12)15/h6,8,10-11H,3-5,7H2,1-2H3,(H,17,18). The Labute approximate surface area is 123 Å². The number of aryl methyl sites for hydroxylation is 1. The molecule has 0 bridgehead atoms. The predicted molar refractivity (Wildman–Crippen MR) is 81.0 cm³/mol. The van der Waals surface area contributed by atoms with E-state index in [1.165, 1.54) is 6.42 Å². The van der Waals surface area contributed by atoms with Crippen molar-refractivity contribution in [2.75, 3.05) is 5.75 Å². The fourth-order valence-corrected chi connectivity index (χ4v) is 3.85. The third-order valence-electron chi connectivity index (χ3n) is 3.36. The molecule has 0 spiro atoms. The van der Waals surface area contributed by atoms with Crippen LogP contribution in [-0.2, 0) is 0 Å². The lowest BCUT2D eigenvalue weighted by Crippen LogP contribution is -2.33. The summed E-state index contributed by atoms with van der Waals surface area (Å²) in [4.78, 5) is 16.3. The van der Waals surface area contributed by atoms with Crippen molar-refractivity contribution in [1.82, 2.24) is 10.3 Å². The molecule has 1 N–H and O–H groups in total. The Balaban J connectivity index is 1.94. The number of thioether (sulfide) groups is 1. The van der Waals surface area contributed by atoms with Crippen LogP contribution in [0.1, 0.15) is 42.2 Å². The molecule has 5 heteroatoms. The van der Waals surface area contributed by atoms with Gasteiger partial charge in [0, 0.05) is 23.2 Å². The van der Waals surface area contributed by atoms with Crippen molar-refractivity contribution in [3.05, 3.63) is 28.5 Å². The number of aromatic nitrogens is 1. The number of halogens is 1. The molecule has 1 amide bonds. The van der Waals surface area contributed by atoms with E-state index in [9.17, 15) is 4.79 Å². The van der Waals surface area contributed by atoms with Crippen LogP contribution in [0.2, 0.25) is 5.02 Å². The Kier molecular flexibility index (Phi) is 5.11. The lowest BCUT2D eigenvalue weighted by atomic mass is 10.2. The maximum absolute atomic E-state index is 12.2. The second-order valence-electron chi connectivity index (χ2n) is 4.87. The van der Waals surface area contributed by atoms with Gasteiger partial charge < -0.3 is 5.32 Å². The molecule has 1 aromatic rings. The van der Waals surface area contributed by atoms with E-state index in [1.807, 2.05) is 18.7 Å². The first-order valence-electron chi connectivity index (χ1n) is 6.64. The van der Waals surface area contributed by atoms with Gasteiger partial charge in [-0.1, -0.05) is 18.5 Å². The van der Waals surface area contributed by atoms with E-state index >= 15 is 0 Å². The van der Waals surface area contributed by atoms with E-state index in [0.717, 1.165) is 24.3 Å². The second kappa shape index (κ2) is 6.62. The van der Waals surface area contributed by atoms with Gasteiger partial charge in [0.05, 0.1) is 10.6 Å². The quantitative estimate of drug-likeness (QED) is 0.926. The van der Waals surface area contributed by atoms with Crippen molar-refractivity contribution < 1.29 is 4.79 Å². The number of amides is 1. The molecule has 0 radical (unpaired) electrons. The summed E-state index contributed by atoms with van der Waals surface area (Å²) in [6.45, 7) is 4.03. The van der Waals surface area contributed by atoms with Gasteiger partial charge in [0.25, 0.3) is 5.91 Å². The first-order chi connectivity index (χ1) is 9.10. The Morgan fingerprint density at radius 3 is 3.05 bits per heavy atom. The van der Waals surface area contributed by atoms with Gasteiger partial charge in [0.15, 0.2) is 0 Å². The van der Waals surface area contributed by atoms with Gasteiger partial charge in [-0.3, -0.25) is 9.78 Å².